The average molecular weight is 463 g/mol. The van der Waals surface area contributed by atoms with Gasteiger partial charge in [-0.05, 0) is 49.9 Å². The Morgan fingerprint density at radius 3 is 2.79 bits per heavy atom. The normalized spacial score (nSPS) is 19.9. The maximum absolute atomic E-state index is 12.7. The van der Waals surface area contributed by atoms with Gasteiger partial charge in [-0.15, -0.1) is 0 Å². The lowest BCUT2D eigenvalue weighted by molar-refractivity contribution is -0.134. The second kappa shape index (κ2) is 8.36. The Balaban J connectivity index is 1.25. The minimum Gasteiger partial charge on any atom is -0.493 e. The average Bonchev–Trinajstić information content (AvgIpc) is 3.56. The molecule has 0 radical (unpaired) electrons. The zero-order valence-electron chi connectivity index (χ0n) is 18.9. The van der Waals surface area contributed by atoms with E-state index in [1.54, 1.807) is 25.1 Å². The molecule has 0 bridgehead atoms. The van der Waals surface area contributed by atoms with Crippen LogP contribution in [-0.2, 0) is 16.2 Å². The number of carbonyl (C=O) groups excluding carboxylic acids is 3. The molecular formula is C24H25N5O5. The van der Waals surface area contributed by atoms with Crippen molar-refractivity contribution >= 4 is 29.2 Å². The van der Waals surface area contributed by atoms with E-state index < -0.39 is 17.5 Å². The highest BCUT2D eigenvalue weighted by atomic mass is 16.5. The number of pyridine rings is 1. The van der Waals surface area contributed by atoms with Crippen molar-refractivity contribution < 1.29 is 23.9 Å². The number of aromatic nitrogens is 2. The molecule has 1 aliphatic carbocycles. The van der Waals surface area contributed by atoms with Gasteiger partial charge in [-0.1, -0.05) is 6.07 Å². The van der Waals surface area contributed by atoms with Crippen LogP contribution in [0.3, 0.4) is 0 Å². The van der Waals surface area contributed by atoms with Gasteiger partial charge in [0.2, 0.25) is 5.91 Å². The minimum absolute atomic E-state index is 0.131. The van der Waals surface area contributed by atoms with E-state index in [0.29, 0.717) is 17.2 Å². The lowest BCUT2D eigenvalue weighted by Gasteiger charge is -2.20. The molecule has 1 saturated carbocycles. The molecule has 1 unspecified atom stereocenters. The maximum Gasteiger partial charge on any atom is 0.325 e. The standard InChI is InChI=1S/C24H25N5O5/c1-24(15-6-7-15)22(31)29(23(32)27-24)13-21(30)26-16-8-9-18(33-2)19(11-16)34-14-17-12-28-10-4-3-5-20(28)25-17/h3-5,8-12,15H,6-7,13-14H2,1-2H3,(H,26,30)(H,27,32). The fourth-order valence-electron chi connectivity index (χ4n) is 4.22. The maximum atomic E-state index is 12.7. The number of carbonyl (C=O) groups is 3. The number of urea groups is 1. The fraction of sp³-hybridized carbons (Fsp3) is 0.333. The summed E-state index contributed by atoms with van der Waals surface area (Å²) in [6, 6.07) is 10.2. The Hall–Kier alpha value is -4.08. The van der Waals surface area contributed by atoms with E-state index in [9.17, 15) is 14.4 Å². The van der Waals surface area contributed by atoms with Gasteiger partial charge in [0, 0.05) is 24.1 Å². The van der Waals surface area contributed by atoms with E-state index in [2.05, 4.69) is 15.6 Å². The van der Waals surface area contributed by atoms with E-state index in [4.69, 9.17) is 9.47 Å². The highest BCUT2D eigenvalue weighted by Crippen LogP contribution is 2.42. The Morgan fingerprint density at radius 2 is 2.06 bits per heavy atom. The largest absolute Gasteiger partial charge is 0.493 e. The van der Waals surface area contributed by atoms with Crippen molar-refractivity contribution in [2.24, 2.45) is 5.92 Å². The Kier molecular flexibility index (Phi) is 5.35. The monoisotopic (exact) mass is 463 g/mol. The van der Waals surface area contributed by atoms with Gasteiger partial charge in [0.1, 0.15) is 24.3 Å². The third-order valence-electron chi connectivity index (χ3n) is 6.23. The second-order valence-corrected chi connectivity index (χ2v) is 8.70. The van der Waals surface area contributed by atoms with Gasteiger partial charge < -0.3 is 24.5 Å². The predicted molar refractivity (Wildman–Crippen MR) is 123 cm³/mol. The summed E-state index contributed by atoms with van der Waals surface area (Å²) in [5.74, 6) is 0.206. The molecule has 4 amide bonds. The highest BCUT2D eigenvalue weighted by Gasteiger charge is 2.56. The molecule has 2 aliphatic rings. The molecule has 10 heteroatoms. The first-order chi connectivity index (χ1) is 16.4. The molecule has 3 heterocycles. The van der Waals surface area contributed by atoms with E-state index in [0.717, 1.165) is 29.1 Å². The number of hydrogen-bond donors (Lipinski definition) is 2. The quantitative estimate of drug-likeness (QED) is 0.497. The summed E-state index contributed by atoms with van der Waals surface area (Å²) in [5, 5.41) is 5.47. The molecular weight excluding hydrogens is 438 g/mol. The van der Waals surface area contributed by atoms with Crippen LogP contribution in [0.2, 0.25) is 0 Å². The number of amides is 4. The van der Waals surface area contributed by atoms with Crippen LogP contribution in [0.15, 0.2) is 48.8 Å². The van der Waals surface area contributed by atoms with Crippen molar-refractivity contribution in [3.8, 4) is 11.5 Å². The first-order valence-electron chi connectivity index (χ1n) is 11.0. The smallest absolute Gasteiger partial charge is 0.325 e. The van der Waals surface area contributed by atoms with Gasteiger partial charge in [0.25, 0.3) is 5.91 Å². The lowest BCUT2D eigenvalue weighted by atomic mass is 9.96. The van der Waals surface area contributed by atoms with Crippen LogP contribution >= 0.6 is 0 Å². The molecule has 1 saturated heterocycles. The number of anilines is 1. The molecule has 1 atom stereocenters. The van der Waals surface area contributed by atoms with Crippen molar-refractivity contribution in [2.75, 3.05) is 19.0 Å². The van der Waals surface area contributed by atoms with Crippen LogP contribution in [0.5, 0.6) is 11.5 Å². The summed E-state index contributed by atoms with van der Waals surface area (Å²) in [6.45, 7) is 1.56. The number of fused-ring (bicyclic) bond motifs is 1. The molecule has 34 heavy (non-hydrogen) atoms. The summed E-state index contributed by atoms with van der Waals surface area (Å²) in [4.78, 5) is 43.2. The van der Waals surface area contributed by atoms with Crippen molar-refractivity contribution in [3.05, 3.63) is 54.5 Å². The molecule has 2 fully saturated rings. The lowest BCUT2D eigenvalue weighted by Crippen LogP contribution is -2.46. The molecule has 176 valence electrons. The summed E-state index contributed by atoms with van der Waals surface area (Å²) in [5.41, 5.74) is 1.08. The Morgan fingerprint density at radius 1 is 1.24 bits per heavy atom. The first kappa shape index (κ1) is 21.7. The zero-order chi connectivity index (χ0) is 23.9. The fourth-order valence-corrected chi connectivity index (χ4v) is 4.22. The van der Waals surface area contributed by atoms with Crippen molar-refractivity contribution in [3.63, 3.8) is 0 Å². The number of methoxy groups -OCH3 is 1. The summed E-state index contributed by atoms with van der Waals surface area (Å²) in [6.07, 6.45) is 5.57. The molecule has 1 aliphatic heterocycles. The van der Waals surface area contributed by atoms with Crippen LogP contribution in [0.25, 0.3) is 5.65 Å². The topological polar surface area (TPSA) is 114 Å². The van der Waals surface area contributed by atoms with Gasteiger partial charge >= 0.3 is 6.03 Å². The predicted octanol–water partition coefficient (Wildman–Crippen LogP) is 2.58. The first-order valence-corrected chi connectivity index (χ1v) is 11.0. The number of ether oxygens (including phenoxy) is 2. The number of nitrogens with one attached hydrogen (secondary N) is 2. The van der Waals surface area contributed by atoms with Crippen LogP contribution < -0.4 is 20.1 Å². The van der Waals surface area contributed by atoms with Crippen molar-refractivity contribution in [1.82, 2.24) is 19.6 Å². The van der Waals surface area contributed by atoms with E-state index >= 15 is 0 Å². The molecule has 10 nitrogen and oxygen atoms in total. The molecule has 2 aromatic heterocycles. The molecule has 5 rings (SSSR count). The number of hydrogen-bond acceptors (Lipinski definition) is 6. The highest BCUT2D eigenvalue weighted by molar-refractivity contribution is 6.10. The summed E-state index contributed by atoms with van der Waals surface area (Å²) < 4.78 is 13.2. The third kappa shape index (κ3) is 4.02. The van der Waals surface area contributed by atoms with E-state index in [1.165, 1.54) is 7.11 Å². The van der Waals surface area contributed by atoms with Gasteiger partial charge in [0.05, 0.1) is 12.8 Å². The number of nitrogens with zero attached hydrogens (tertiary/aromatic N) is 3. The van der Waals surface area contributed by atoms with Crippen LogP contribution in [-0.4, -0.2) is 51.3 Å². The Bertz CT molecular complexity index is 1250. The van der Waals surface area contributed by atoms with Gasteiger partial charge in [0.15, 0.2) is 11.5 Å². The van der Waals surface area contributed by atoms with E-state index in [1.807, 2.05) is 35.0 Å². The Labute approximate surface area is 195 Å². The van der Waals surface area contributed by atoms with Crippen LogP contribution in [0.1, 0.15) is 25.5 Å². The third-order valence-corrected chi connectivity index (χ3v) is 6.23. The molecule has 0 spiro atoms. The number of benzene rings is 1. The zero-order valence-corrected chi connectivity index (χ0v) is 18.9. The van der Waals surface area contributed by atoms with Crippen molar-refractivity contribution in [1.29, 1.82) is 0 Å². The van der Waals surface area contributed by atoms with Crippen LogP contribution in [0.4, 0.5) is 10.5 Å². The minimum atomic E-state index is -0.920. The SMILES string of the molecule is COc1ccc(NC(=O)CN2C(=O)NC(C)(C3CC3)C2=O)cc1OCc1cn2ccccc2n1. The van der Waals surface area contributed by atoms with Crippen molar-refractivity contribution in [2.45, 2.75) is 31.9 Å². The summed E-state index contributed by atoms with van der Waals surface area (Å²) >= 11 is 0. The van der Waals surface area contributed by atoms with Gasteiger partial charge in [-0.25, -0.2) is 9.78 Å². The molecule has 2 N–H and O–H groups in total. The second-order valence-electron chi connectivity index (χ2n) is 8.70. The number of imide groups is 1. The van der Waals surface area contributed by atoms with Gasteiger partial charge in [-0.2, -0.15) is 0 Å². The number of imidazole rings is 1. The summed E-state index contributed by atoms with van der Waals surface area (Å²) in [7, 11) is 1.53. The molecule has 1 aromatic carbocycles. The number of rotatable bonds is 8. The van der Waals surface area contributed by atoms with E-state index in [-0.39, 0.29) is 25.0 Å². The van der Waals surface area contributed by atoms with Gasteiger partial charge in [-0.3, -0.25) is 14.5 Å². The molecule has 3 aromatic rings. The van der Waals surface area contributed by atoms with Crippen LogP contribution in [0, 0.1) is 5.92 Å².